The Kier molecular flexibility index (Phi) is 8.96. The fraction of sp³-hybridized carbons (Fsp3) is 0.615. The molecule has 1 N–H and O–H groups in total. The van der Waals surface area contributed by atoms with E-state index in [1.807, 2.05) is 13.0 Å². The van der Waals surface area contributed by atoms with E-state index in [4.69, 9.17) is 4.43 Å². The van der Waals surface area contributed by atoms with Crippen molar-refractivity contribution < 1.29 is 9.53 Å². The molecule has 0 fully saturated rings. The first kappa shape index (κ1) is 25.7. The molecule has 0 bridgehead atoms. The van der Waals surface area contributed by atoms with Crippen LogP contribution >= 0.6 is 0 Å². The van der Waals surface area contributed by atoms with Crippen molar-refractivity contribution >= 4 is 8.32 Å². The predicted molar refractivity (Wildman–Crippen MR) is 129 cm³/mol. The van der Waals surface area contributed by atoms with E-state index in [1.54, 1.807) is 0 Å². The number of aliphatic hydroxyl groups excluding tert-OH is 1. The fourth-order valence-corrected chi connectivity index (χ4v) is 4.28. The van der Waals surface area contributed by atoms with Crippen LogP contribution in [-0.2, 0) is 4.43 Å². The summed E-state index contributed by atoms with van der Waals surface area (Å²) < 4.78 is 6.18. The second-order valence-electron chi connectivity index (χ2n) is 10.6. The quantitative estimate of drug-likeness (QED) is 0.299. The van der Waals surface area contributed by atoms with Crippen LogP contribution in [0.5, 0.6) is 0 Å². The minimum atomic E-state index is -1.70. The second-order valence-corrected chi connectivity index (χ2v) is 15.4. The lowest BCUT2D eigenvalue weighted by molar-refractivity contribution is 0.116. The smallest absolute Gasteiger partial charge is 0.192 e. The molecule has 0 amide bonds. The number of aliphatic hydroxyl groups is 1. The lowest BCUT2D eigenvalue weighted by Gasteiger charge is -2.35. The van der Waals surface area contributed by atoms with Crippen LogP contribution in [0.15, 0.2) is 46.6 Å². The molecule has 0 aromatic rings. The van der Waals surface area contributed by atoms with Gasteiger partial charge >= 0.3 is 0 Å². The first-order chi connectivity index (χ1) is 13.2. The molecule has 2 nitrogen and oxygen atoms in total. The van der Waals surface area contributed by atoms with Gasteiger partial charge in [-0.15, -0.1) is 0 Å². The van der Waals surface area contributed by atoms with Crippen molar-refractivity contribution in [2.75, 3.05) is 6.61 Å². The molecule has 1 aliphatic rings. The van der Waals surface area contributed by atoms with Crippen molar-refractivity contribution in [1.29, 1.82) is 0 Å². The highest BCUT2D eigenvalue weighted by Crippen LogP contribution is 2.41. The Bertz CT molecular complexity index is 759. The molecule has 1 aliphatic carbocycles. The van der Waals surface area contributed by atoms with Crippen molar-refractivity contribution in [2.45, 2.75) is 92.5 Å². The average molecular weight is 415 g/mol. The Morgan fingerprint density at radius 2 is 1.90 bits per heavy atom. The van der Waals surface area contributed by atoms with Crippen LogP contribution in [0.1, 0.15) is 68.2 Å². The molecule has 29 heavy (non-hydrogen) atoms. The maximum atomic E-state index is 10.0. The standard InChI is InChI=1S/C26H42O2Si/c1-20(14-15-24-22(3)18-23(27)19-26(24,7)8)12-11-13-21(2)16-17-28-29(9,10)25(4,5)6/h12,14-16,23,27H,17-19H2,1-10H3/b15-14+,20-12+,21-16+/t23-/m1/s1. The van der Waals surface area contributed by atoms with Gasteiger partial charge in [0.15, 0.2) is 8.32 Å². The number of allylic oxidation sites excluding steroid dienone is 6. The molecule has 0 saturated heterocycles. The van der Waals surface area contributed by atoms with E-state index in [-0.39, 0.29) is 16.6 Å². The summed E-state index contributed by atoms with van der Waals surface area (Å²) in [5.74, 6) is 6.36. The Balaban J connectivity index is 2.74. The molecule has 0 unspecified atom stereocenters. The van der Waals surface area contributed by atoms with E-state index >= 15 is 0 Å². The third-order valence-corrected chi connectivity index (χ3v) is 10.7. The van der Waals surface area contributed by atoms with E-state index in [9.17, 15) is 5.11 Å². The van der Waals surface area contributed by atoms with Gasteiger partial charge in [0.25, 0.3) is 0 Å². The molecule has 3 heteroatoms. The summed E-state index contributed by atoms with van der Waals surface area (Å²) in [6, 6.07) is 0. The van der Waals surface area contributed by atoms with Gasteiger partial charge in [-0.2, -0.15) is 0 Å². The first-order valence-electron chi connectivity index (χ1n) is 10.7. The zero-order valence-electron chi connectivity index (χ0n) is 20.4. The first-order valence-corrected chi connectivity index (χ1v) is 13.6. The fourth-order valence-electron chi connectivity index (χ4n) is 3.35. The van der Waals surface area contributed by atoms with Gasteiger partial charge in [0, 0.05) is 0 Å². The summed E-state index contributed by atoms with van der Waals surface area (Å²) in [6.07, 6.45) is 9.73. The summed E-state index contributed by atoms with van der Waals surface area (Å²) in [4.78, 5) is 0. The lowest BCUT2D eigenvalue weighted by atomic mass is 9.71. The maximum absolute atomic E-state index is 10.0. The van der Waals surface area contributed by atoms with Crippen LogP contribution in [-0.4, -0.2) is 26.1 Å². The average Bonchev–Trinajstić information content (AvgIpc) is 2.51. The predicted octanol–water partition coefficient (Wildman–Crippen LogP) is 6.96. The zero-order chi connectivity index (χ0) is 22.5. The zero-order valence-corrected chi connectivity index (χ0v) is 21.4. The summed E-state index contributed by atoms with van der Waals surface area (Å²) in [7, 11) is -1.70. The van der Waals surface area contributed by atoms with Gasteiger partial charge in [-0.1, -0.05) is 64.2 Å². The van der Waals surface area contributed by atoms with Crippen LogP contribution in [0.25, 0.3) is 0 Å². The molecule has 1 atom stereocenters. The van der Waals surface area contributed by atoms with Gasteiger partial charge in [-0.05, 0) is 86.0 Å². The topological polar surface area (TPSA) is 29.5 Å². The van der Waals surface area contributed by atoms with Crippen molar-refractivity contribution in [3.05, 3.63) is 46.6 Å². The molecule has 0 aromatic carbocycles. The van der Waals surface area contributed by atoms with Crippen LogP contribution < -0.4 is 0 Å². The SMILES string of the molecule is CC1=C(/C=C/C(C)=C/C#C/C(C)=C/CO[Si](C)(C)C(C)(C)C)C(C)(C)C[C@H](O)C1. The Morgan fingerprint density at radius 1 is 1.28 bits per heavy atom. The van der Waals surface area contributed by atoms with Gasteiger partial charge in [0.05, 0.1) is 12.7 Å². The highest BCUT2D eigenvalue weighted by Gasteiger charge is 2.36. The maximum Gasteiger partial charge on any atom is 0.192 e. The van der Waals surface area contributed by atoms with E-state index in [0.29, 0.717) is 6.61 Å². The van der Waals surface area contributed by atoms with E-state index < -0.39 is 8.32 Å². The van der Waals surface area contributed by atoms with Crippen molar-refractivity contribution in [3.8, 4) is 11.8 Å². The van der Waals surface area contributed by atoms with Crippen LogP contribution in [0.2, 0.25) is 18.1 Å². The minimum absolute atomic E-state index is 0.00762. The van der Waals surface area contributed by atoms with E-state index in [1.165, 1.54) is 11.1 Å². The number of rotatable bonds is 5. The molecule has 0 heterocycles. The Hall–Kier alpha value is -1.34. The summed E-state index contributed by atoms with van der Waals surface area (Å²) in [6.45, 7) is 22.6. The van der Waals surface area contributed by atoms with Crippen molar-refractivity contribution in [2.24, 2.45) is 5.41 Å². The molecular formula is C26H42O2Si. The third-order valence-electron chi connectivity index (χ3n) is 6.20. The molecule has 162 valence electrons. The Labute approximate surface area is 181 Å². The van der Waals surface area contributed by atoms with Gasteiger partial charge < -0.3 is 9.53 Å². The molecule has 0 saturated carbocycles. The Morgan fingerprint density at radius 3 is 2.45 bits per heavy atom. The second kappa shape index (κ2) is 10.1. The van der Waals surface area contributed by atoms with E-state index in [2.05, 4.69) is 91.6 Å². The van der Waals surface area contributed by atoms with Gasteiger partial charge in [-0.25, -0.2) is 0 Å². The molecule has 1 rings (SSSR count). The molecule has 0 radical (unpaired) electrons. The monoisotopic (exact) mass is 414 g/mol. The molecule has 0 aromatic heterocycles. The summed E-state index contributed by atoms with van der Waals surface area (Å²) in [5.41, 5.74) is 4.79. The van der Waals surface area contributed by atoms with Gasteiger partial charge in [0.2, 0.25) is 0 Å². The highest BCUT2D eigenvalue weighted by atomic mass is 28.4. The van der Waals surface area contributed by atoms with Gasteiger partial charge in [-0.3, -0.25) is 0 Å². The van der Waals surface area contributed by atoms with Gasteiger partial charge in [0.1, 0.15) is 0 Å². The molecule has 0 spiro atoms. The molecule has 0 aliphatic heterocycles. The molecular weight excluding hydrogens is 372 g/mol. The van der Waals surface area contributed by atoms with Crippen LogP contribution in [0.4, 0.5) is 0 Å². The normalized spacial score (nSPS) is 21.4. The van der Waals surface area contributed by atoms with Crippen molar-refractivity contribution in [1.82, 2.24) is 0 Å². The van der Waals surface area contributed by atoms with Crippen molar-refractivity contribution in [3.63, 3.8) is 0 Å². The summed E-state index contributed by atoms with van der Waals surface area (Å²) >= 11 is 0. The van der Waals surface area contributed by atoms with Crippen LogP contribution in [0, 0.1) is 17.3 Å². The largest absolute Gasteiger partial charge is 0.413 e. The number of hydrogen-bond acceptors (Lipinski definition) is 2. The van der Waals surface area contributed by atoms with E-state index in [0.717, 1.165) is 24.0 Å². The highest BCUT2D eigenvalue weighted by molar-refractivity contribution is 6.74. The third kappa shape index (κ3) is 8.13. The summed E-state index contributed by atoms with van der Waals surface area (Å²) in [5, 5.41) is 10.3. The minimum Gasteiger partial charge on any atom is -0.413 e. The van der Waals surface area contributed by atoms with Crippen LogP contribution in [0.3, 0.4) is 0 Å². The number of hydrogen-bond donors (Lipinski definition) is 1. The lowest BCUT2D eigenvalue weighted by Crippen LogP contribution is -2.40.